The Labute approximate surface area is 92.8 Å². The summed E-state index contributed by atoms with van der Waals surface area (Å²) in [6.07, 6.45) is 4.34. The summed E-state index contributed by atoms with van der Waals surface area (Å²) in [5.41, 5.74) is 5.14. The van der Waals surface area contributed by atoms with Gasteiger partial charge in [0.2, 0.25) is 5.91 Å². The monoisotopic (exact) mass is 212 g/mol. The Morgan fingerprint density at radius 1 is 1.53 bits per heavy atom. The Kier molecular flexibility index (Phi) is 4.14. The summed E-state index contributed by atoms with van der Waals surface area (Å²) in [7, 11) is 0. The zero-order chi connectivity index (χ0) is 11.5. The molecule has 3 N–H and O–H groups in total. The first-order valence-electron chi connectivity index (χ1n) is 6.04. The largest absolute Gasteiger partial charge is 0.368 e. The highest BCUT2D eigenvalue weighted by molar-refractivity contribution is 5.85. The highest BCUT2D eigenvalue weighted by Gasteiger charge is 2.42. The molecule has 1 rings (SSSR count). The van der Waals surface area contributed by atoms with Gasteiger partial charge in [-0.25, -0.2) is 0 Å². The van der Waals surface area contributed by atoms with Crippen molar-refractivity contribution in [3.8, 4) is 0 Å². The second-order valence-electron chi connectivity index (χ2n) is 5.26. The van der Waals surface area contributed by atoms with E-state index in [1.807, 2.05) is 0 Å². The topological polar surface area (TPSA) is 55.1 Å². The van der Waals surface area contributed by atoms with Crippen molar-refractivity contribution in [3.05, 3.63) is 0 Å². The molecule has 0 heterocycles. The molecule has 0 aliphatic heterocycles. The second kappa shape index (κ2) is 4.97. The van der Waals surface area contributed by atoms with Gasteiger partial charge >= 0.3 is 0 Å². The third kappa shape index (κ3) is 2.71. The maximum Gasteiger partial charge on any atom is 0.238 e. The number of carbonyl (C=O) groups is 1. The lowest BCUT2D eigenvalue weighted by Crippen LogP contribution is -2.61. The molecular weight excluding hydrogens is 188 g/mol. The van der Waals surface area contributed by atoms with E-state index in [2.05, 4.69) is 26.1 Å². The van der Waals surface area contributed by atoms with Crippen molar-refractivity contribution in [2.24, 2.45) is 17.6 Å². The Bertz CT molecular complexity index is 228. The molecule has 1 aliphatic carbocycles. The van der Waals surface area contributed by atoms with E-state index in [9.17, 15) is 4.79 Å². The molecule has 1 amide bonds. The van der Waals surface area contributed by atoms with Crippen LogP contribution < -0.4 is 11.1 Å². The van der Waals surface area contributed by atoms with Crippen LogP contribution in [0.5, 0.6) is 0 Å². The van der Waals surface area contributed by atoms with Crippen LogP contribution in [0.2, 0.25) is 0 Å². The first-order valence-corrected chi connectivity index (χ1v) is 6.04. The molecule has 1 saturated carbocycles. The molecule has 0 aromatic carbocycles. The van der Waals surface area contributed by atoms with Gasteiger partial charge in [0, 0.05) is 0 Å². The minimum atomic E-state index is -0.442. The predicted octanol–water partition coefficient (Wildman–Crippen LogP) is 1.67. The molecule has 0 saturated heterocycles. The standard InChI is InChI=1S/C12H24N2O/c1-9(2)8-14-12(11(13)15)7-5-4-6-10(12)3/h9-10,14H,4-8H2,1-3H3,(H2,13,15). The maximum absolute atomic E-state index is 11.7. The maximum atomic E-state index is 11.7. The molecule has 0 aromatic rings. The van der Waals surface area contributed by atoms with Crippen molar-refractivity contribution in [2.45, 2.75) is 52.0 Å². The summed E-state index contributed by atoms with van der Waals surface area (Å²) in [5, 5.41) is 3.41. The molecule has 1 fully saturated rings. The Morgan fingerprint density at radius 3 is 2.67 bits per heavy atom. The van der Waals surface area contributed by atoms with Crippen LogP contribution in [-0.2, 0) is 4.79 Å². The molecule has 3 heteroatoms. The van der Waals surface area contributed by atoms with Crippen LogP contribution in [0.15, 0.2) is 0 Å². The zero-order valence-electron chi connectivity index (χ0n) is 10.2. The first kappa shape index (κ1) is 12.5. The predicted molar refractivity (Wildman–Crippen MR) is 62.4 cm³/mol. The van der Waals surface area contributed by atoms with Crippen LogP contribution >= 0.6 is 0 Å². The lowest BCUT2D eigenvalue weighted by Gasteiger charge is -2.41. The van der Waals surface area contributed by atoms with Crippen LogP contribution in [0.25, 0.3) is 0 Å². The number of primary amides is 1. The van der Waals surface area contributed by atoms with Gasteiger partial charge in [0.1, 0.15) is 5.54 Å². The SMILES string of the molecule is CC(C)CNC1(C(N)=O)CCCCC1C. The third-order valence-corrected chi connectivity index (χ3v) is 3.56. The van der Waals surface area contributed by atoms with E-state index < -0.39 is 5.54 Å². The minimum Gasteiger partial charge on any atom is -0.368 e. The summed E-state index contributed by atoms with van der Waals surface area (Å²) in [5.74, 6) is 0.744. The normalized spacial score (nSPS) is 31.9. The summed E-state index contributed by atoms with van der Waals surface area (Å²) < 4.78 is 0. The summed E-state index contributed by atoms with van der Waals surface area (Å²) >= 11 is 0. The van der Waals surface area contributed by atoms with E-state index in [0.717, 1.165) is 25.8 Å². The zero-order valence-corrected chi connectivity index (χ0v) is 10.2. The average Bonchev–Trinajstić information content (AvgIpc) is 2.16. The quantitative estimate of drug-likeness (QED) is 0.744. The van der Waals surface area contributed by atoms with Gasteiger partial charge in [-0.15, -0.1) is 0 Å². The van der Waals surface area contributed by atoms with Crippen LogP contribution in [0.3, 0.4) is 0 Å². The van der Waals surface area contributed by atoms with Crippen molar-refractivity contribution in [2.75, 3.05) is 6.54 Å². The Balaban J connectivity index is 2.72. The molecule has 88 valence electrons. The van der Waals surface area contributed by atoms with Crippen LogP contribution in [0, 0.1) is 11.8 Å². The van der Waals surface area contributed by atoms with Gasteiger partial charge < -0.3 is 11.1 Å². The van der Waals surface area contributed by atoms with E-state index in [4.69, 9.17) is 5.73 Å². The molecule has 2 unspecified atom stereocenters. The average molecular weight is 212 g/mol. The highest BCUT2D eigenvalue weighted by atomic mass is 16.1. The van der Waals surface area contributed by atoms with Crippen LogP contribution in [0.1, 0.15) is 46.5 Å². The fourth-order valence-corrected chi connectivity index (χ4v) is 2.45. The van der Waals surface area contributed by atoms with Gasteiger partial charge in [0.05, 0.1) is 0 Å². The fraction of sp³-hybridized carbons (Fsp3) is 0.917. The van der Waals surface area contributed by atoms with Gasteiger partial charge in [-0.2, -0.15) is 0 Å². The second-order valence-corrected chi connectivity index (χ2v) is 5.26. The summed E-state index contributed by atoms with van der Waals surface area (Å²) in [6, 6.07) is 0. The number of amides is 1. The van der Waals surface area contributed by atoms with Gasteiger partial charge in [-0.3, -0.25) is 4.79 Å². The van der Waals surface area contributed by atoms with Crippen molar-refractivity contribution in [1.29, 1.82) is 0 Å². The molecular formula is C12H24N2O. The van der Waals surface area contributed by atoms with Gasteiger partial charge in [-0.1, -0.05) is 33.6 Å². The molecule has 0 radical (unpaired) electrons. The highest BCUT2D eigenvalue weighted by Crippen LogP contribution is 2.33. The fourth-order valence-electron chi connectivity index (χ4n) is 2.45. The first-order chi connectivity index (χ1) is 6.99. The van der Waals surface area contributed by atoms with Crippen molar-refractivity contribution in [3.63, 3.8) is 0 Å². The Hall–Kier alpha value is -0.570. The number of rotatable bonds is 4. The Morgan fingerprint density at radius 2 is 2.20 bits per heavy atom. The van der Waals surface area contributed by atoms with Gasteiger partial charge in [-0.05, 0) is 31.2 Å². The molecule has 0 bridgehead atoms. The van der Waals surface area contributed by atoms with Crippen LogP contribution in [0.4, 0.5) is 0 Å². The lowest BCUT2D eigenvalue weighted by atomic mass is 9.73. The number of carbonyl (C=O) groups excluding carboxylic acids is 1. The third-order valence-electron chi connectivity index (χ3n) is 3.56. The lowest BCUT2D eigenvalue weighted by molar-refractivity contribution is -0.128. The summed E-state index contributed by atoms with van der Waals surface area (Å²) in [6.45, 7) is 7.30. The van der Waals surface area contributed by atoms with Crippen molar-refractivity contribution < 1.29 is 4.79 Å². The molecule has 0 aromatic heterocycles. The smallest absolute Gasteiger partial charge is 0.238 e. The van der Waals surface area contributed by atoms with E-state index in [1.165, 1.54) is 6.42 Å². The van der Waals surface area contributed by atoms with E-state index in [1.54, 1.807) is 0 Å². The van der Waals surface area contributed by atoms with E-state index in [-0.39, 0.29) is 5.91 Å². The number of nitrogens with one attached hydrogen (secondary N) is 1. The van der Waals surface area contributed by atoms with Gasteiger partial charge in [0.25, 0.3) is 0 Å². The van der Waals surface area contributed by atoms with E-state index >= 15 is 0 Å². The molecule has 1 aliphatic rings. The molecule has 2 atom stereocenters. The number of hydrogen-bond acceptors (Lipinski definition) is 2. The van der Waals surface area contributed by atoms with E-state index in [0.29, 0.717) is 11.8 Å². The minimum absolute atomic E-state index is 0.171. The van der Waals surface area contributed by atoms with Crippen molar-refractivity contribution >= 4 is 5.91 Å². The van der Waals surface area contributed by atoms with Gasteiger partial charge in [0.15, 0.2) is 0 Å². The van der Waals surface area contributed by atoms with Crippen LogP contribution in [-0.4, -0.2) is 18.0 Å². The van der Waals surface area contributed by atoms with Crippen molar-refractivity contribution in [1.82, 2.24) is 5.32 Å². The molecule has 0 spiro atoms. The number of hydrogen-bond donors (Lipinski definition) is 2. The number of nitrogens with two attached hydrogens (primary N) is 1. The summed E-state index contributed by atoms with van der Waals surface area (Å²) in [4.78, 5) is 11.7. The molecule has 15 heavy (non-hydrogen) atoms. The molecule has 3 nitrogen and oxygen atoms in total.